The number of fused-ring (bicyclic) bond motifs is 1. The van der Waals surface area contributed by atoms with Crippen LogP contribution in [0.1, 0.15) is 30.1 Å². The molecule has 0 bridgehead atoms. The Hall–Kier alpha value is -4.20. The fraction of sp³-hybridized carbons (Fsp3) is 0.259. The normalized spacial score (nSPS) is 15.8. The van der Waals surface area contributed by atoms with Crippen LogP contribution < -0.4 is 10.5 Å². The number of likely N-dealkylation sites (tertiary alicyclic amines) is 1. The van der Waals surface area contributed by atoms with Gasteiger partial charge in [0.2, 0.25) is 11.8 Å². The van der Waals surface area contributed by atoms with Gasteiger partial charge in [-0.05, 0) is 49.6 Å². The van der Waals surface area contributed by atoms with Gasteiger partial charge < -0.3 is 19.9 Å². The molecule has 8 heteroatoms. The first kappa shape index (κ1) is 22.6. The summed E-state index contributed by atoms with van der Waals surface area (Å²) >= 11 is 0. The molecule has 0 spiro atoms. The summed E-state index contributed by atoms with van der Waals surface area (Å²) in [4.78, 5) is 27.4. The molecule has 4 aromatic rings. The SMILES string of the molecule is C=CC(=O)N1CCCC(c2c(-c3ccc(Oc4cccc(C)n4)cc3)c3c(N)ncnc3n2C)C1. The van der Waals surface area contributed by atoms with E-state index in [9.17, 15) is 4.79 Å². The van der Waals surface area contributed by atoms with E-state index in [0.717, 1.165) is 52.9 Å². The third-order valence-corrected chi connectivity index (χ3v) is 6.56. The van der Waals surface area contributed by atoms with E-state index in [-0.39, 0.29) is 11.8 Å². The highest BCUT2D eigenvalue weighted by molar-refractivity contribution is 6.02. The van der Waals surface area contributed by atoms with Crippen molar-refractivity contribution in [2.75, 3.05) is 18.8 Å². The first-order chi connectivity index (χ1) is 17.0. The maximum absolute atomic E-state index is 12.4. The van der Waals surface area contributed by atoms with Crippen LogP contribution in [-0.4, -0.2) is 43.4 Å². The Morgan fingerprint density at radius 2 is 2.00 bits per heavy atom. The summed E-state index contributed by atoms with van der Waals surface area (Å²) in [6.07, 6.45) is 4.76. The number of carbonyl (C=O) groups is 1. The van der Waals surface area contributed by atoms with Crippen molar-refractivity contribution in [2.24, 2.45) is 7.05 Å². The molecule has 1 amide bonds. The van der Waals surface area contributed by atoms with Gasteiger partial charge in [-0.25, -0.2) is 15.0 Å². The van der Waals surface area contributed by atoms with E-state index in [2.05, 4.69) is 26.1 Å². The lowest BCUT2D eigenvalue weighted by Gasteiger charge is -2.33. The Morgan fingerprint density at radius 3 is 2.74 bits per heavy atom. The number of nitrogens with two attached hydrogens (primary N) is 1. The quantitative estimate of drug-likeness (QED) is 0.430. The van der Waals surface area contributed by atoms with Crippen LogP contribution in [0.25, 0.3) is 22.2 Å². The van der Waals surface area contributed by atoms with E-state index >= 15 is 0 Å². The third kappa shape index (κ3) is 4.23. The molecule has 3 aromatic heterocycles. The number of ether oxygens (including phenoxy) is 1. The van der Waals surface area contributed by atoms with Gasteiger partial charge in [-0.2, -0.15) is 0 Å². The fourth-order valence-electron chi connectivity index (χ4n) is 4.98. The average Bonchev–Trinajstić information content (AvgIpc) is 3.17. The molecule has 1 aliphatic heterocycles. The number of hydrogen-bond acceptors (Lipinski definition) is 6. The van der Waals surface area contributed by atoms with Crippen molar-refractivity contribution in [1.82, 2.24) is 24.4 Å². The van der Waals surface area contributed by atoms with Crippen molar-refractivity contribution >= 4 is 22.8 Å². The second kappa shape index (κ2) is 9.21. The van der Waals surface area contributed by atoms with Gasteiger partial charge in [0.15, 0.2) is 0 Å². The molecule has 8 nitrogen and oxygen atoms in total. The number of pyridine rings is 1. The molecule has 5 rings (SSSR count). The third-order valence-electron chi connectivity index (χ3n) is 6.56. The number of aromatic nitrogens is 4. The highest BCUT2D eigenvalue weighted by Crippen LogP contribution is 2.42. The molecule has 0 saturated carbocycles. The van der Waals surface area contributed by atoms with E-state index < -0.39 is 0 Å². The number of nitrogen functional groups attached to an aromatic ring is 1. The summed E-state index contributed by atoms with van der Waals surface area (Å²) in [6, 6.07) is 13.6. The minimum atomic E-state index is -0.0411. The lowest BCUT2D eigenvalue weighted by molar-refractivity contribution is -0.127. The monoisotopic (exact) mass is 468 g/mol. The number of piperidine rings is 1. The summed E-state index contributed by atoms with van der Waals surface area (Å²) in [5, 5.41) is 0.825. The van der Waals surface area contributed by atoms with Crippen molar-refractivity contribution in [3.63, 3.8) is 0 Å². The predicted molar refractivity (Wildman–Crippen MR) is 136 cm³/mol. The summed E-state index contributed by atoms with van der Waals surface area (Å²) in [6.45, 7) is 6.95. The molecule has 4 heterocycles. The van der Waals surface area contributed by atoms with Gasteiger partial charge in [-0.1, -0.05) is 24.8 Å². The average molecular weight is 469 g/mol. The summed E-state index contributed by atoms with van der Waals surface area (Å²) in [5.41, 5.74) is 11.1. The van der Waals surface area contributed by atoms with Crippen LogP contribution in [0.15, 0.2) is 61.4 Å². The number of anilines is 1. The Bertz CT molecular complexity index is 1410. The van der Waals surface area contributed by atoms with Crippen molar-refractivity contribution in [2.45, 2.75) is 25.7 Å². The van der Waals surface area contributed by atoms with Gasteiger partial charge in [0, 0.05) is 49.1 Å². The van der Waals surface area contributed by atoms with Crippen LogP contribution in [-0.2, 0) is 11.8 Å². The van der Waals surface area contributed by atoms with E-state index in [1.807, 2.05) is 61.3 Å². The number of amides is 1. The summed E-state index contributed by atoms with van der Waals surface area (Å²) in [5.74, 6) is 1.77. The molecule has 1 atom stereocenters. The van der Waals surface area contributed by atoms with Crippen LogP contribution >= 0.6 is 0 Å². The van der Waals surface area contributed by atoms with Crippen LogP contribution in [0.2, 0.25) is 0 Å². The molecule has 1 saturated heterocycles. The second-order valence-corrected chi connectivity index (χ2v) is 8.85. The zero-order chi connectivity index (χ0) is 24.5. The van der Waals surface area contributed by atoms with Crippen LogP contribution in [0.5, 0.6) is 11.6 Å². The maximum atomic E-state index is 12.4. The molecule has 1 aromatic carbocycles. The Kier molecular flexibility index (Phi) is 5.94. The number of hydrogen-bond donors (Lipinski definition) is 1. The Labute approximate surface area is 204 Å². The fourth-order valence-corrected chi connectivity index (χ4v) is 4.98. The van der Waals surface area contributed by atoms with Gasteiger partial charge >= 0.3 is 0 Å². The molecule has 0 radical (unpaired) electrons. The zero-order valence-electron chi connectivity index (χ0n) is 19.9. The van der Waals surface area contributed by atoms with Gasteiger partial charge in [-0.15, -0.1) is 0 Å². The smallest absolute Gasteiger partial charge is 0.245 e. The molecule has 178 valence electrons. The lowest BCUT2D eigenvalue weighted by Crippen LogP contribution is -2.38. The Balaban J connectivity index is 1.58. The first-order valence-corrected chi connectivity index (χ1v) is 11.7. The lowest BCUT2D eigenvalue weighted by atomic mass is 9.89. The highest BCUT2D eigenvalue weighted by Gasteiger charge is 2.30. The van der Waals surface area contributed by atoms with Gasteiger partial charge in [0.25, 0.3) is 0 Å². The molecule has 0 aliphatic carbocycles. The zero-order valence-corrected chi connectivity index (χ0v) is 19.9. The number of carbonyl (C=O) groups excluding carboxylic acids is 1. The second-order valence-electron chi connectivity index (χ2n) is 8.85. The van der Waals surface area contributed by atoms with Crippen molar-refractivity contribution in [3.05, 3.63) is 72.8 Å². The largest absolute Gasteiger partial charge is 0.439 e. The van der Waals surface area contributed by atoms with E-state index in [0.29, 0.717) is 24.0 Å². The van der Waals surface area contributed by atoms with Gasteiger partial charge in [0.1, 0.15) is 23.5 Å². The van der Waals surface area contributed by atoms with Crippen molar-refractivity contribution in [1.29, 1.82) is 0 Å². The molecule has 2 N–H and O–H groups in total. The maximum Gasteiger partial charge on any atom is 0.245 e. The van der Waals surface area contributed by atoms with Crippen LogP contribution in [0, 0.1) is 6.92 Å². The number of rotatable bonds is 5. The first-order valence-electron chi connectivity index (χ1n) is 11.7. The van der Waals surface area contributed by atoms with Gasteiger partial charge in [0.05, 0.1) is 5.39 Å². The molecular formula is C27H28N6O2. The van der Waals surface area contributed by atoms with E-state index in [1.54, 1.807) is 0 Å². The molecule has 35 heavy (non-hydrogen) atoms. The van der Waals surface area contributed by atoms with Crippen LogP contribution in [0.4, 0.5) is 5.82 Å². The molecule has 1 aliphatic rings. The van der Waals surface area contributed by atoms with Crippen molar-refractivity contribution in [3.8, 4) is 22.8 Å². The van der Waals surface area contributed by atoms with Crippen LogP contribution in [0.3, 0.4) is 0 Å². The van der Waals surface area contributed by atoms with Crippen molar-refractivity contribution < 1.29 is 9.53 Å². The predicted octanol–water partition coefficient (Wildman–Crippen LogP) is 4.61. The number of benzene rings is 1. The highest BCUT2D eigenvalue weighted by atomic mass is 16.5. The summed E-state index contributed by atoms with van der Waals surface area (Å²) < 4.78 is 8.04. The number of nitrogens with zero attached hydrogens (tertiary/aromatic N) is 5. The van der Waals surface area contributed by atoms with Gasteiger partial charge in [-0.3, -0.25) is 4.79 Å². The minimum absolute atomic E-state index is 0.0411. The molecule has 1 fully saturated rings. The summed E-state index contributed by atoms with van der Waals surface area (Å²) in [7, 11) is 2.00. The standard InChI is InChI=1S/C27H28N6O2/c1-4-22(34)33-14-6-8-19(15-33)25-23(24-26(28)29-16-30-27(24)32(25)3)18-10-12-20(13-11-18)35-21-9-5-7-17(2)31-21/h4-5,7,9-13,16,19H,1,6,8,14-15H2,2-3H3,(H2,28,29,30). The molecular weight excluding hydrogens is 440 g/mol. The van der Waals surface area contributed by atoms with E-state index in [4.69, 9.17) is 10.5 Å². The number of aryl methyl sites for hydroxylation is 2. The topological polar surface area (TPSA) is 99.2 Å². The minimum Gasteiger partial charge on any atom is -0.439 e. The van der Waals surface area contributed by atoms with E-state index in [1.165, 1.54) is 12.4 Å². The Morgan fingerprint density at radius 1 is 1.20 bits per heavy atom. The molecule has 1 unspecified atom stereocenters.